The molecule has 0 unspecified atom stereocenters. The van der Waals surface area contributed by atoms with Crippen molar-refractivity contribution in [2.75, 3.05) is 31.6 Å². The Hall–Kier alpha value is -1.26. The number of nitrogens with one attached hydrogen (secondary N) is 2. The smallest absolute Gasteiger partial charge is 0.221 e. The highest BCUT2D eigenvalue weighted by Gasteiger charge is 2.16. The van der Waals surface area contributed by atoms with Crippen molar-refractivity contribution in [2.24, 2.45) is 0 Å². The van der Waals surface area contributed by atoms with E-state index in [1.165, 1.54) is 5.56 Å². The Morgan fingerprint density at radius 2 is 2.28 bits per heavy atom. The first-order valence-corrected chi connectivity index (χ1v) is 6.53. The van der Waals surface area contributed by atoms with E-state index >= 15 is 0 Å². The summed E-state index contributed by atoms with van der Waals surface area (Å²) in [6, 6.07) is 5.91. The molecular weight excluding hydrogens is 250 g/mol. The number of halogens is 1. The second-order valence-corrected chi connectivity index (χ2v) is 4.83. The molecule has 0 spiro atoms. The van der Waals surface area contributed by atoms with E-state index in [9.17, 15) is 4.79 Å². The van der Waals surface area contributed by atoms with Crippen molar-refractivity contribution in [3.63, 3.8) is 0 Å². The lowest BCUT2D eigenvalue weighted by Crippen LogP contribution is -2.29. The molecule has 4 nitrogen and oxygen atoms in total. The zero-order valence-electron chi connectivity index (χ0n) is 10.5. The number of hydrogen-bond acceptors (Lipinski definition) is 3. The fourth-order valence-corrected chi connectivity index (χ4v) is 2.40. The standard InChI is InChI=1S/C13H18ClN3O/c1-15-9-10-8-11(14)2-3-12(10)17-6-4-13(18)16-5-7-17/h2-3,8,15H,4-7,9H2,1H3,(H,16,18). The van der Waals surface area contributed by atoms with E-state index in [2.05, 4.69) is 15.5 Å². The molecule has 1 aromatic rings. The molecule has 2 rings (SSSR count). The van der Waals surface area contributed by atoms with E-state index in [0.717, 1.165) is 30.3 Å². The minimum atomic E-state index is 0.127. The van der Waals surface area contributed by atoms with Crippen molar-refractivity contribution in [1.82, 2.24) is 10.6 Å². The number of hydrogen-bond donors (Lipinski definition) is 2. The minimum Gasteiger partial charge on any atom is -0.369 e. The minimum absolute atomic E-state index is 0.127. The second kappa shape index (κ2) is 6.07. The molecule has 0 aromatic heterocycles. The van der Waals surface area contributed by atoms with Crippen LogP contribution in [0.2, 0.25) is 5.02 Å². The molecule has 5 heteroatoms. The van der Waals surface area contributed by atoms with Gasteiger partial charge in [-0.25, -0.2) is 0 Å². The molecule has 18 heavy (non-hydrogen) atoms. The maximum atomic E-state index is 11.4. The maximum Gasteiger partial charge on any atom is 0.221 e. The number of benzene rings is 1. The summed E-state index contributed by atoms with van der Waals surface area (Å²) in [7, 11) is 1.91. The Morgan fingerprint density at radius 1 is 1.44 bits per heavy atom. The summed E-state index contributed by atoms with van der Waals surface area (Å²) in [5.74, 6) is 0.127. The van der Waals surface area contributed by atoms with Crippen molar-refractivity contribution in [3.05, 3.63) is 28.8 Å². The molecule has 1 amide bonds. The van der Waals surface area contributed by atoms with E-state index in [-0.39, 0.29) is 5.91 Å². The third-order valence-corrected chi connectivity index (χ3v) is 3.30. The first-order valence-electron chi connectivity index (χ1n) is 6.15. The number of carbonyl (C=O) groups is 1. The number of carbonyl (C=O) groups excluding carboxylic acids is 1. The number of rotatable bonds is 3. The molecule has 0 bridgehead atoms. The van der Waals surface area contributed by atoms with Gasteiger partial charge in [0.05, 0.1) is 0 Å². The lowest BCUT2D eigenvalue weighted by atomic mass is 10.1. The highest BCUT2D eigenvalue weighted by molar-refractivity contribution is 6.30. The zero-order chi connectivity index (χ0) is 13.0. The molecule has 1 saturated heterocycles. The van der Waals surface area contributed by atoms with Crippen LogP contribution >= 0.6 is 11.6 Å². The second-order valence-electron chi connectivity index (χ2n) is 4.39. The molecule has 1 aliphatic heterocycles. The van der Waals surface area contributed by atoms with Crippen LogP contribution in [0.4, 0.5) is 5.69 Å². The molecule has 1 aliphatic rings. The lowest BCUT2D eigenvalue weighted by molar-refractivity contribution is -0.120. The van der Waals surface area contributed by atoms with Crippen LogP contribution in [-0.2, 0) is 11.3 Å². The molecule has 2 N–H and O–H groups in total. The molecule has 1 fully saturated rings. The van der Waals surface area contributed by atoms with Gasteiger partial charge in [0, 0.05) is 43.3 Å². The highest BCUT2D eigenvalue weighted by Crippen LogP contribution is 2.25. The Morgan fingerprint density at radius 3 is 3.06 bits per heavy atom. The van der Waals surface area contributed by atoms with Gasteiger partial charge in [-0.3, -0.25) is 4.79 Å². The quantitative estimate of drug-likeness (QED) is 0.870. The largest absolute Gasteiger partial charge is 0.369 e. The Kier molecular flexibility index (Phi) is 4.44. The van der Waals surface area contributed by atoms with E-state index in [4.69, 9.17) is 11.6 Å². The summed E-state index contributed by atoms with van der Waals surface area (Å²) in [6.45, 7) is 3.06. The first-order chi connectivity index (χ1) is 8.70. The highest BCUT2D eigenvalue weighted by atomic mass is 35.5. The van der Waals surface area contributed by atoms with Gasteiger partial charge in [-0.05, 0) is 30.8 Å². The average molecular weight is 268 g/mol. The molecule has 98 valence electrons. The predicted molar refractivity (Wildman–Crippen MR) is 74.1 cm³/mol. The van der Waals surface area contributed by atoms with Crippen LogP contribution in [0.5, 0.6) is 0 Å². The lowest BCUT2D eigenvalue weighted by Gasteiger charge is -2.25. The van der Waals surface area contributed by atoms with Crippen LogP contribution in [0.3, 0.4) is 0 Å². The molecule has 0 saturated carbocycles. The SMILES string of the molecule is CNCc1cc(Cl)ccc1N1CCNC(=O)CC1. The fraction of sp³-hybridized carbons (Fsp3) is 0.462. The molecule has 0 aliphatic carbocycles. The monoisotopic (exact) mass is 267 g/mol. The van der Waals surface area contributed by atoms with Crippen LogP contribution in [0.1, 0.15) is 12.0 Å². The summed E-state index contributed by atoms with van der Waals surface area (Å²) >= 11 is 6.03. The van der Waals surface area contributed by atoms with Crippen molar-refractivity contribution in [2.45, 2.75) is 13.0 Å². The van der Waals surface area contributed by atoms with Crippen LogP contribution in [0.15, 0.2) is 18.2 Å². The summed E-state index contributed by atoms with van der Waals surface area (Å²) in [4.78, 5) is 13.6. The number of anilines is 1. The van der Waals surface area contributed by atoms with Gasteiger partial charge in [-0.1, -0.05) is 11.6 Å². The van der Waals surface area contributed by atoms with Gasteiger partial charge in [-0.15, -0.1) is 0 Å². The van der Waals surface area contributed by atoms with E-state index in [1.807, 2.05) is 25.2 Å². The molecule has 0 radical (unpaired) electrons. The summed E-state index contributed by atoms with van der Waals surface area (Å²) < 4.78 is 0. The number of nitrogens with zero attached hydrogens (tertiary/aromatic N) is 1. The Bertz CT molecular complexity index is 436. The molecule has 1 heterocycles. The zero-order valence-corrected chi connectivity index (χ0v) is 11.3. The van der Waals surface area contributed by atoms with Crippen LogP contribution in [0.25, 0.3) is 0 Å². The van der Waals surface area contributed by atoms with Gasteiger partial charge in [0.25, 0.3) is 0 Å². The Labute approximate surface area is 112 Å². The summed E-state index contributed by atoms with van der Waals surface area (Å²) in [5, 5.41) is 6.78. The van der Waals surface area contributed by atoms with Crippen LogP contribution < -0.4 is 15.5 Å². The van der Waals surface area contributed by atoms with Crippen molar-refractivity contribution >= 4 is 23.2 Å². The van der Waals surface area contributed by atoms with Gasteiger partial charge < -0.3 is 15.5 Å². The summed E-state index contributed by atoms with van der Waals surface area (Å²) in [5.41, 5.74) is 2.32. The maximum absolute atomic E-state index is 11.4. The van der Waals surface area contributed by atoms with Crippen LogP contribution in [-0.4, -0.2) is 32.6 Å². The third-order valence-electron chi connectivity index (χ3n) is 3.06. The van der Waals surface area contributed by atoms with Gasteiger partial charge >= 0.3 is 0 Å². The Balaban J connectivity index is 2.22. The topological polar surface area (TPSA) is 44.4 Å². The van der Waals surface area contributed by atoms with E-state index in [0.29, 0.717) is 13.0 Å². The fourth-order valence-electron chi connectivity index (χ4n) is 2.20. The first kappa shape index (κ1) is 13.2. The summed E-state index contributed by atoms with van der Waals surface area (Å²) in [6.07, 6.45) is 0.543. The van der Waals surface area contributed by atoms with Crippen molar-refractivity contribution < 1.29 is 4.79 Å². The third kappa shape index (κ3) is 3.15. The molecule has 1 aromatic carbocycles. The normalized spacial score (nSPS) is 16.3. The van der Waals surface area contributed by atoms with Gasteiger partial charge in [0.2, 0.25) is 5.91 Å². The van der Waals surface area contributed by atoms with Gasteiger partial charge in [-0.2, -0.15) is 0 Å². The number of amides is 1. The average Bonchev–Trinajstić information content (AvgIpc) is 2.55. The van der Waals surface area contributed by atoms with Gasteiger partial charge in [0.15, 0.2) is 0 Å². The van der Waals surface area contributed by atoms with Crippen molar-refractivity contribution in [3.8, 4) is 0 Å². The molecular formula is C13H18ClN3O. The van der Waals surface area contributed by atoms with E-state index in [1.54, 1.807) is 0 Å². The van der Waals surface area contributed by atoms with Gasteiger partial charge in [0.1, 0.15) is 0 Å². The molecule has 0 atom stereocenters. The van der Waals surface area contributed by atoms with E-state index < -0.39 is 0 Å². The predicted octanol–water partition coefficient (Wildman–Crippen LogP) is 1.39. The van der Waals surface area contributed by atoms with Crippen LogP contribution in [0, 0.1) is 0 Å². The van der Waals surface area contributed by atoms with Crippen molar-refractivity contribution in [1.29, 1.82) is 0 Å².